The summed E-state index contributed by atoms with van der Waals surface area (Å²) in [5.41, 5.74) is 0.428. The van der Waals surface area contributed by atoms with E-state index in [9.17, 15) is 0 Å². The van der Waals surface area contributed by atoms with Crippen molar-refractivity contribution in [2.24, 2.45) is 5.41 Å². The minimum absolute atomic E-state index is 0.428. The van der Waals surface area contributed by atoms with Gasteiger partial charge in [-0.25, -0.2) is 0 Å². The summed E-state index contributed by atoms with van der Waals surface area (Å²) in [6, 6.07) is 0.550. The van der Waals surface area contributed by atoms with E-state index >= 15 is 0 Å². The van der Waals surface area contributed by atoms with Gasteiger partial charge in [0.05, 0.1) is 12.2 Å². The molecule has 1 heterocycles. The Balaban J connectivity index is 2.41. The molecule has 3 atom stereocenters. The van der Waals surface area contributed by atoms with Crippen molar-refractivity contribution in [3.63, 3.8) is 0 Å². The first kappa shape index (κ1) is 14.0. The quantitative estimate of drug-likeness (QED) is 0.777. The molecule has 2 heteroatoms. The van der Waals surface area contributed by atoms with Crippen LogP contribution in [0.2, 0.25) is 0 Å². The summed E-state index contributed by atoms with van der Waals surface area (Å²) in [5, 5.41) is 3.59. The molecule has 1 rings (SSSR count). The predicted molar refractivity (Wildman–Crippen MR) is 69.7 cm³/mol. The van der Waals surface area contributed by atoms with Crippen molar-refractivity contribution in [3.05, 3.63) is 0 Å². The van der Waals surface area contributed by atoms with Gasteiger partial charge >= 0.3 is 0 Å². The molecular formula is C14H29NO. The van der Waals surface area contributed by atoms with E-state index in [1.165, 1.54) is 25.7 Å². The zero-order valence-electron chi connectivity index (χ0n) is 11.7. The highest BCUT2D eigenvalue weighted by Gasteiger charge is 2.29. The van der Waals surface area contributed by atoms with E-state index in [4.69, 9.17) is 4.74 Å². The Kier molecular flexibility index (Phi) is 5.26. The maximum atomic E-state index is 5.98. The fourth-order valence-corrected chi connectivity index (χ4v) is 2.40. The molecule has 2 nitrogen and oxygen atoms in total. The van der Waals surface area contributed by atoms with E-state index in [1.807, 2.05) is 0 Å². The SMILES string of the molecule is CCNC(CCC(C)(C)C)C1CCC(C)O1. The maximum absolute atomic E-state index is 5.98. The first-order valence-corrected chi connectivity index (χ1v) is 6.81. The lowest BCUT2D eigenvalue weighted by Crippen LogP contribution is -2.40. The molecule has 0 saturated carbocycles. The molecule has 0 aromatic carbocycles. The second-order valence-electron chi connectivity index (χ2n) is 6.33. The van der Waals surface area contributed by atoms with Gasteiger partial charge in [-0.2, -0.15) is 0 Å². The van der Waals surface area contributed by atoms with E-state index in [0.717, 1.165) is 6.54 Å². The number of hydrogen-bond acceptors (Lipinski definition) is 2. The van der Waals surface area contributed by atoms with Crippen molar-refractivity contribution in [2.75, 3.05) is 6.54 Å². The molecule has 0 amide bonds. The van der Waals surface area contributed by atoms with Crippen molar-refractivity contribution in [3.8, 4) is 0 Å². The Morgan fingerprint density at radius 3 is 2.44 bits per heavy atom. The molecule has 1 N–H and O–H groups in total. The fraction of sp³-hybridized carbons (Fsp3) is 1.00. The van der Waals surface area contributed by atoms with Crippen LogP contribution in [-0.4, -0.2) is 24.8 Å². The summed E-state index contributed by atoms with van der Waals surface area (Å²) in [7, 11) is 0. The average molecular weight is 227 g/mol. The smallest absolute Gasteiger partial charge is 0.0732 e. The Morgan fingerprint density at radius 2 is 2.00 bits per heavy atom. The molecule has 0 aromatic rings. The third-order valence-corrected chi connectivity index (χ3v) is 3.39. The highest BCUT2D eigenvalue weighted by Crippen LogP contribution is 2.27. The molecule has 16 heavy (non-hydrogen) atoms. The second kappa shape index (κ2) is 6.02. The third kappa shape index (κ3) is 4.84. The zero-order chi connectivity index (χ0) is 12.2. The van der Waals surface area contributed by atoms with Crippen molar-refractivity contribution in [1.29, 1.82) is 0 Å². The summed E-state index contributed by atoms with van der Waals surface area (Å²) in [4.78, 5) is 0. The minimum atomic E-state index is 0.428. The van der Waals surface area contributed by atoms with Gasteiger partial charge in [-0.05, 0) is 44.6 Å². The summed E-state index contributed by atoms with van der Waals surface area (Å²) >= 11 is 0. The molecular weight excluding hydrogens is 198 g/mol. The predicted octanol–water partition coefficient (Wildman–Crippen LogP) is 3.36. The van der Waals surface area contributed by atoms with Gasteiger partial charge in [0.2, 0.25) is 0 Å². The van der Waals surface area contributed by atoms with Gasteiger partial charge < -0.3 is 10.1 Å². The molecule has 1 fully saturated rings. The van der Waals surface area contributed by atoms with Crippen molar-refractivity contribution in [1.82, 2.24) is 5.32 Å². The van der Waals surface area contributed by atoms with Crippen LogP contribution >= 0.6 is 0 Å². The van der Waals surface area contributed by atoms with E-state index in [1.54, 1.807) is 0 Å². The van der Waals surface area contributed by atoms with Crippen molar-refractivity contribution in [2.45, 2.75) is 78.6 Å². The molecule has 96 valence electrons. The van der Waals surface area contributed by atoms with Crippen LogP contribution in [0.1, 0.15) is 60.3 Å². The second-order valence-corrected chi connectivity index (χ2v) is 6.33. The molecule has 1 aliphatic heterocycles. The monoisotopic (exact) mass is 227 g/mol. The van der Waals surface area contributed by atoms with Crippen LogP contribution in [0.5, 0.6) is 0 Å². The van der Waals surface area contributed by atoms with Crippen molar-refractivity contribution < 1.29 is 4.74 Å². The number of nitrogens with one attached hydrogen (secondary N) is 1. The van der Waals surface area contributed by atoms with Gasteiger partial charge in [0.1, 0.15) is 0 Å². The minimum Gasteiger partial charge on any atom is -0.374 e. The Hall–Kier alpha value is -0.0800. The van der Waals surface area contributed by atoms with Crippen LogP contribution in [0.4, 0.5) is 0 Å². The molecule has 0 bridgehead atoms. The van der Waals surface area contributed by atoms with Crippen LogP contribution in [0.25, 0.3) is 0 Å². The van der Waals surface area contributed by atoms with E-state index in [2.05, 4.69) is 39.9 Å². The third-order valence-electron chi connectivity index (χ3n) is 3.39. The molecule has 1 saturated heterocycles. The summed E-state index contributed by atoms with van der Waals surface area (Å²) in [6.45, 7) is 12.4. The number of ether oxygens (including phenoxy) is 1. The van der Waals surface area contributed by atoms with Crippen LogP contribution in [0.15, 0.2) is 0 Å². The van der Waals surface area contributed by atoms with Gasteiger partial charge in [0, 0.05) is 6.04 Å². The molecule has 1 aliphatic rings. The summed E-state index contributed by atoms with van der Waals surface area (Å²) in [6.07, 6.45) is 5.84. The highest BCUT2D eigenvalue weighted by atomic mass is 16.5. The standard InChI is InChI=1S/C14H29NO/c1-6-15-12(9-10-14(3,4)5)13-8-7-11(2)16-13/h11-13,15H,6-10H2,1-5H3. The lowest BCUT2D eigenvalue weighted by atomic mass is 9.87. The summed E-state index contributed by atoms with van der Waals surface area (Å²) < 4.78 is 5.98. The zero-order valence-corrected chi connectivity index (χ0v) is 11.7. The highest BCUT2D eigenvalue weighted by molar-refractivity contribution is 4.83. The first-order chi connectivity index (χ1) is 7.42. The average Bonchev–Trinajstić information content (AvgIpc) is 2.57. The van der Waals surface area contributed by atoms with Crippen LogP contribution in [-0.2, 0) is 4.74 Å². The van der Waals surface area contributed by atoms with E-state index in [-0.39, 0.29) is 0 Å². The van der Waals surface area contributed by atoms with Gasteiger partial charge in [0.25, 0.3) is 0 Å². The summed E-state index contributed by atoms with van der Waals surface area (Å²) in [5.74, 6) is 0. The fourth-order valence-electron chi connectivity index (χ4n) is 2.40. The van der Waals surface area contributed by atoms with E-state index in [0.29, 0.717) is 23.7 Å². The van der Waals surface area contributed by atoms with Crippen LogP contribution in [0.3, 0.4) is 0 Å². The first-order valence-electron chi connectivity index (χ1n) is 6.81. The van der Waals surface area contributed by atoms with Gasteiger partial charge in [0.15, 0.2) is 0 Å². The van der Waals surface area contributed by atoms with Gasteiger partial charge in [-0.3, -0.25) is 0 Å². The topological polar surface area (TPSA) is 21.3 Å². The Morgan fingerprint density at radius 1 is 1.31 bits per heavy atom. The Bertz CT molecular complexity index is 197. The number of likely N-dealkylation sites (N-methyl/N-ethyl adjacent to an activating group) is 1. The molecule has 0 spiro atoms. The van der Waals surface area contributed by atoms with Crippen molar-refractivity contribution >= 4 is 0 Å². The van der Waals surface area contributed by atoms with E-state index < -0.39 is 0 Å². The molecule has 0 aliphatic carbocycles. The van der Waals surface area contributed by atoms with Gasteiger partial charge in [-0.15, -0.1) is 0 Å². The maximum Gasteiger partial charge on any atom is 0.0732 e. The largest absolute Gasteiger partial charge is 0.374 e. The number of hydrogen-bond donors (Lipinski definition) is 1. The van der Waals surface area contributed by atoms with Crippen LogP contribution in [0, 0.1) is 5.41 Å². The van der Waals surface area contributed by atoms with Gasteiger partial charge in [-0.1, -0.05) is 27.7 Å². The molecule has 3 unspecified atom stereocenters. The number of rotatable bonds is 5. The Labute approximate surface area is 101 Å². The molecule has 0 aromatic heterocycles. The lowest BCUT2D eigenvalue weighted by molar-refractivity contribution is 0.0280. The normalized spacial score (nSPS) is 28.3. The van der Waals surface area contributed by atoms with Crippen LogP contribution < -0.4 is 5.32 Å². The lowest BCUT2D eigenvalue weighted by Gasteiger charge is -2.28. The molecule has 0 radical (unpaired) electrons.